The van der Waals surface area contributed by atoms with Gasteiger partial charge in [0.05, 0.1) is 0 Å². The van der Waals surface area contributed by atoms with E-state index in [2.05, 4.69) is 0 Å². The quantitative estimate of drug-likeness (QED) is 0.535. The summed E-state index contributed by atoms with van der Waals surface area (Å²) in [5, 5.41) is 0. The van der Waals surface area contributed by atoms with Gasteiger partial charge in [0, 0.05) is 64.6 Å². The summed E-state index contributed by atoms with van der Waals surface area (Å²) in [6.07, 6.45) is 0. The first-order valence-electron chi connectivity index (χ1n) is 0. The summed E-state index contributed by atoms with van der Waals surface area (Å²) in [7, 11) is 0. The summed E-state index contributed by atoms with van der Waals surface area (Å²) >= 11 is 0. The second-order valence-electron chi connectivity index (χ2n) is 0. The molecule has 0 bridgehead atoms. The Hall–Kier alpha value is 1.83. The minimum absolute atomic E-state index is 0. The zero-order valence-corrected chi connectivity index (χ0v) is 7.23. The molecule has 0 saturated carbocycles. The van der Waals surface area contributed by atoms with E-state index in [1.54, 1.807) is 0 Å². The molecule has 0 atom stereocenters. The van der Waals surface area contributed by atoms with Crippen molar-refractivity contribution in [1.29, 1.82) is 0 Å². The van der Waals surface area contributed by atoms with Crippen molar-refractivity contribution in [2.24, 2.45) is 0 Å². The maximum atomic E-state index is 0. The third kappa shape index (κ3) is 9.16. The Morgan fingerprint density at radius 3 is 1.00 bits per heavy atom. The molecule has 0 N–H and O–H groups in total. The summed E-state index contributed by atoms with van der Waals surface area (Å²) in [5.41, 5.74) is 0. The van der Waals surface area contributed by atoms with Crippen LogP contribution in [0.4, 0.5) is 0 Å². The Kier molecular flexibility index (Phi) is 215. The van der Waals surface area contributed by atoms with Crippen LogP contribution in [0.2, 0.25) is 0 Å². The minimum Gasteiger partial charge on any atom is 0 e. The third-order valence-corrected chi connectivity index (χ3v) is 0. The molecule has 0 aliphatic rings. The van der Waals surface area contributed by atoms with Gasteiger partial charge in [-0.2, -0.15) is 0 Å². The number of rotatable bonds is 0. The normalized spacial score (nSPS) is 0. The number of hydrogen-bond donors (Lipinski definition) is 0. The zero-order chi connectivity index (χ0) is 0. The van der Waals surface area contributed by atoms with Crippen LogP contribution in [0.1, 0.15) is 0 Å². The predicted octanol–water partition coefficient (Wildman–Crippen LogP) is -0.388. The molecular formula is BCrNiTa. The molecule has 0 heterocycles. The maximum Gasteiger partial charge on any atom is 0 e. The summed E-state index contributed by atoms with van der Waals surface area (Å²) in [6.45, 7) is 0. The molecule has 0 nitrogen and oxygen atoms in total. The molecule has 0 rings (SSSR count). The molecule has 4 radical (unpaired) electrons. The maximum absolute atomic E-state index is 0. The van der Waals surface area contributed by atoms with Crippen LogP contribution in [-0.2, 0) is 56.2 Å². The smallest absolute Gasteiger partial charge is 0 e. The average molecular weight is 302 g/mol. The Labute approximate surface area is 64.2 Å². The van der Waals surface area contributed by atoms with Crippen LogP contribution in [0.5, 0.6) is 0 Å². The molecule has 0 aromatic carbocycles. The molecule has 0 aromatic heterocycles. The summed E-state index contributed by atoms with van der Waals surface area (Å²) in [4.78, 5) is 0. The van der Waals surface area contributed by atoms with E-state index in [1.807, 2.05) is 0 Å². The molecule has 0 saturated heterocycles. The third-order valence-electron chi connectivity index (χ3n) is 0. The fourth-order valence-electron chi connectivity index (χ4n) is 0. The van der Waals surface area contributed by atoms with Gasteiger partial charge in [-0.25, -0.2) is 0 Å². The Morgan fingerprint density at radius 2 is 1.00 bits per heavy atom. The average Bonchev–Trinajstić information content (AvgIpc) is 0. The van der Waals surface area contributed by atoms with Crippen LogP contribution in [0.3, 0.4) is 0 Å². The Balaban J connectivity index is 0. The molecule has 0 fully saturated rings. The first-order valence-corrected chi connectivity index (χ1v) is 0. The van der Waals surface area contributed by atoms with Crippen molar-refractivity contribution in [3.8, 4) is 0 Å². The van der Waals surface area contributed by atoms with Crippen molar-refractivity contribution < 1.29 is 56.2 Å². The SMILES string of the molecule is [B].[Cr].[Ni].[Ta]. The predicted molar refractivity (Wildman–Crippen MR) is 5.75 cm³/mol. The second-order valence-corrected chi connectivity index (χ2v) is 0. The second kappa shape index (κ2) is 21.1. The molecule has 0 amide bonds. The van der Waals surface area contributed by atoms with Crippen molar-refractivity contribution in [3.63, 3.8) is 0 Å². The molecule has 0 aromatic rings. The van der Waals surface area contributed by atoms with Gasteiger partial charge in [-0.05, 0) is 0 Å². The van der Waals surface area contributed by atoms with E-state index in [1.165, 1.54) is 0 Å². The largest absolute Gasteiger partial charge is 0 e. The van der Waals surface area contributed by atoms with Crippen molar-refractivity contribution in [2.45, 2.75) is 0 Å². The van der Waals surface area contributed by atoms with Gasteiger partial charge < -0.3 is 0 Å². The van der Waals surface area contributed by atoms with E-state index in [9.17, 15) is 0 Å². The Morgan fingerprint density at radius 1 is 1.00 bits per heavy atom. The van der Waals surface area contributed by atoms with E-state index in [0.29, 0.717) is 0 Å². The molecule has 0 aliphatic heterocycles. The van der Waals surface area contributed by atoms with Gasteiger partial charge >= 0.3 is 0 Å². The topological polar surface area (TPSA) is 0 Å². The fraction of sp³-hybridized carbons (Fsp3) is 0. The van der Waals surface area contributed by atoms with Crippen LogP contribution in [0, 0.1) is 0 Å². The molecule has 0 spiro atoms. The summed E-state index contributed by atoms with van der Waals surface area (Å²) in [5.74, 6) is 0. The van der Waals surface area contributed by atoms with E-state index in [0.717, 1.165) is 0 Å². The van der Waals surface area contributed by atoms with Gasteiger partial charge in [0.15, 0.2) is 0 Å². The van der Waals surface area contributed by atoms with Crippen molar-refractivity contribution in [1.82, 2.24) is 0 Å². The first-order chi connectivity index (χ1) is 0. The van der Waals surface area contributed by atoms with Gasteiger partial charge in [0.2, 0.25) is 0 Å². The molecular weight excluding hydrogens is 302 g/mol. The Bertz CT molecular complexity index is 8.00. The molecule has 4 heteroatoms. The minimum atomic E-state index is 0. The van der Waals surface area contributed by atoms with Crippen molar-refractivity contribution >= 4 is 8.41 Å². The van der Waals surface area contributed by atoms with E-state index in [4.69, 9.17) is 0 Å². The van der Waals surface area contributed by atoms with Gasteiger partial charge in [-0.1, -0.05) is 0 Å². The fourth-order valence-corrected chi connectivity index (χ4v) is 0. The van der Waals surface area contributed by atoms with Gasteiger partial charge in [-0.3, -0.25) is 0 Å². The van der Waals surface area contributed by atoms with Crippen LogP contribution < -0.4 is 0 Å². The van der Waals surface area contributed by atoms with Crippen LogP contribution in [0.15, 0.2) is 0 Å². The van der Waals surface area contributed by atoms with Crippen LogP contribution in [-0.4, -0.2) is 8.41 Å². The van der Waals surface area contributed by atoms with Gasteiger partial charge in [0.1, 0.15) is 0 Å². The van der Waals surface area contributed by atoms with Gasteiger partial charge in [-0.15, -0.1) is 0 Å². The first kappa shape index (κ1) is 40.6. The van der Waals surface area contributed by atoms with E-state index < -0.39 is 0 Å². The monoisotopic (exact) mass is 302 g/mol. The standard InChI is InChI=1S/B.Cr.Ni.Ta. The molecule has 4 heavy (non-hydrogen) atoms. The molecule has 24 valence electrons. The van der Waals surface area contributed by atoms with E-state index in [-0.39, 0.29) is 64.6 Å². The zero-order valence-electron chi connectivity index (χ0n) is 1.75. The van der Waals surface area contributed by atoms with Crippen molar-refractivity contribution in [2.75, 3.05) is 0 Å². The number of hydrogen-bond acceptors (Lipinski definition) is 0. The molecule has 0 aliphatic carbocycles. The summed E-state index contributed by atoms with van der Waals surface area (Å²) < 4.78 is 0. The van der Waals surface area contributed by atoms with Crippen LogP contribution >= 0.6 is 0 Å². The van der Waals surface area contributed by atoms with Crippen molar-refractivity contribution in [3.05, 3.63) is 0 Å². The van der Waals surface area contributed by atoms with Crippen LogP contribution in [0.25, 0.3) is 0 Å². The van der Waals surface area contributed by atoms with E-state index >= 15 is 0 Å². The summed E-state index contributed by atoms with van der Waals surface area (Å²) in [6, 6.07) is 0. The molecule has 0 unspecified atom stereocenters. The van der Waals surface area contributed by atoms with Gasteiger partial charge in [0.25, 0.3) is 0 Å².